The predicted octanol–water partition coefficient (Wildman–Crippen LogP) is 9.88. The van der Waals surface area contributed by atoms with Crippen LogP contribution in [0.5, 0.6) is 0 Å². The van der Waals surface area contributed by atoms with Crippen LogP contribution in [-0.4, -0.2) is 41.7 Å². The van der Waals surface area contributed by atoms with Crippen molar-refractivity contribution >= 4 is 62.1 Å². The van der Waals surface area contributed by atoms with Gasteiger partial charge in [0.25, 0.3) is 5.69 Å². The van der Waals surface area contributed by atoms with E-state index in [0.29, 0.717) is 33.5 Å². The van der Waals surface area contributed by atoms with Crippen molar-refractivity contribution < 1.29 is 32.8 Å². The summed E-state index contributed by atoms with van der Waals surface area (Å²) in [6, 6.07) is 42.4. The van der Waals surface area contributed by atoms with E-state index in [2.05, 4.69) is 12.1 Å². The molecule has 4 aromatic carbocycles. The van der Waals surface area contributed by atoms with E-state index >= 15 is 0 Å². The molecule has 3 aromatic heterocycles. The van der Waals surface area contributed by atoms with Gasteiger partial charge in [-0.3, -0.25) is 10.1 Å². The van der Waals surface area contributed by atoms with Crippen LogP contribution in [0, 0.1) is 10.1 Å². The Morgan fingerprint density at radius 1 is 0.542 bits per heavy atom. The minimum Gasteiger partial charge on any atom is -0.657 e. The quantitative estimate of drug-likeness (QED) is 0.0839. The van der Waals surface area contributed by atoms with Crippen LogP contribution < -0.4 is 9.97 Å². The summed E-state index contributed by atoms with van der Waals surface area (Å²) in [4.78, 5) is 32.7. The van der Waals surface area contributed by atoms with Crippen molar-refractivity contribution in [2.45, 2.75) is 5.75 Å². The van der Waals surface area contributed by atoms with Crippen molar-refractivity contribution in [3.63, 3.8) is 0 Å². The normalized spacial score (nSPS) is 12.1. The molecule has 0 fully saturated rings. The minimum atomic E-state index is -3.86. The van der Waals surface area contributed by atoms with Gasteiger partial charge in [-0.1, -0.05) is 115 Å². The number of hydrogen-bond acceptors (Lipinski definition) is 6. The number of nitro benzene ring substituents is 1. The second-order valence-electron chi connectivity index (χ2n) is 14.1. The molecule has 12 heteroatoms. The van der Waals surface area contributed by atoms with Crippen molar-refractivity contribution in [3.05, 3.63) is 172 Å². The van der Waals surface area contributed by atoms with Crippen LogP contribution >= 0.6 is 0 Å². The van der Waals surface area contributed by atoms with Gasteiger partial charge in [-0.2, -0.15) is 0 Å². The first-order valence-electron chi connectivity index (χ1n) is 18.5. The second-order valence-corrected chi connectivity index (χ2v) is 16.3. The Morgan fingerprint density at radius 2 is 0.898 bits per heavy atom. The van der Waals surface area contributed by atoms with Gasteiger partial charge in [0.05, 0.1) is 33.5 Å². The number of nitro groups is 1. The average Bonchev–Trinajstić information content (AvgIpc) is 4.07. The standard InChI is InChI=1S/C47H34N6O4S.Zn/c1-52(2)58(56,57)29-34-28-33(18-27-43(34)53(54)55)47-41-25-23-39(50-41)45(31-14-8-4-9-15-31)37-21-19-35(48-37)44(30-12-6-3-7-13-30)36-20-22-38(49-36)46(32-16-10-5-11-17-32)40-24-26-42(47)51-40;/h3-28H,29H2,1-2H3;/q-2;+2. The molecule has 0 unspecified atom stereocenters. The molecule has 0 saturated heterocycles. The third-order valence-electron chi connectivity index (χ3n) is 10.3. The maximum atomic E-state index is 13.1. The summed E-state index contributed by atoms with van der Waals surface area (Å²) < 4.78 is 27.3. The minimum absolute atomic E-state index is 0. The zero-order valence-corrected chi connectivity index (χ0v) is 35.9. The summed E-state index contributed by atoms with van der Waals surface area (Å²) >= 11 is 0. The number of hydrogen-bond donors (Lipinski definition) is 0. The van der Waals surface area contributed by atoms with Gasteiger partial charge in [0.15, 0.2) is 0 Å². The Kier molecular flexibility index (Phi) is 10.6. The Hall–Kier alpha value is -6.59. The van der Waals surface area contributed by atoms with Gasteiger partial charge in [0.1, 0.15) is 0 Å². The number of aromatic nitrogens is 4. The molecule has 0 amide bonds. The average molecular weight is 844 g/mol. The number of nitrogens with zero attached hydrogens (tertiary/aromatic N) is 6. The molecule has 59 heavy (non-hydrogen) atoms. The Bertz CT molecular complexity index is 3070. The number of sulfonamides is 1. The molecule has 0 aliphatic carbocycles. The van der Waals surface area contributed by atoms with Gasteiger partial charge in [-0.05, 0) is 80.9 Å². The van der Waals surface area contributed by atoms with E-state index in [1.54, 1.807) is 12.1 Å². The molecule has 284 valence electrons. The van der Waals surface area contributed by atoms with E-state index in [0.717, 1.165) is 60.1 Å². The monoisotopic (exact) mass is 842 g/mol. The summed E-state index contributed by atoms with van der Waals surface area (Å²) in [5.74, 6) is -0.563. The SMILES string of the molecule is CN(C)S(=O)(=O)Cc1cc(-c2c3nc(c(-c4ccccc4)c4ccc([n-]4)c(-c4ccccc4)c4nc(c(-c5ccccc5)c5ccc2[n-]5)C=C4)C=C3)ccc1[N+](=O)[O-].[Zn+2]. The summed E-state index contributed by atoms with van der Waals surface area (Å²) in [5.41, 5.74) is 11.5. The van der Waals surface area contributed by atoms with Crippen LogP contribution in [0.15, 0.2) is 133 Å². The first-order valence-corrected chi connectivity index (χ1v) is 20.2. The molecule has 2 aliphatic rings. The van der Waals surface area contributed by atoms with E-state index in [-0.39, 0.29) is 30.7 Å². The molecule has 0 spiro atoms. The van der Waals surface area contributed by atoms with E-state index in [1.165, 1.54) is 20.2 Å². The number of benzene rings is 4. The topological polar surface area (TPSA) is 135 Å². The Balaban J connectivity index is 0.00000484. The zero-order chi connectivity index (χ0) is 40.0. The van der Waals surface area contributed by atoms with Crippen molar-refractivity contribution in [1.29, 1.82) is 0 Å². The molecule has 0 saturated carbocycles. The van der Waals surface area contributed by atoms with Gasteiger partial charge in [-0.25, -0.2) is 22.7 Å². The predicted molar refractivity (Wildman–Crippen MR) is 232 cm³/mol. The molecule has 7 aromatic rings. The van der Waals surface area contributed by atoms with Crippen LogP contribution in [-0.2, 0) is 35.3 Å². The van der Waals surface area contributed by atoms with Crippen LogP contribution in [0.3, 0.4) is 0 Å². The number of fused-ring (bicyclic) bond motifs is 8. The fraction of sp³-hybridized carbons (Fsp3) is 0.0638. The smallest absolute Gasteiger partial charge is 0.657 e. The van der Waals surface area contributed by atoms with E-state index in [4.69, 9.17) is 19.9 Å². The third kappa shape index (κ3) is 7.50. The van der Waals surface area contributed by atoms with Gasteiger partial charge in [-0.15, -0.1) is 22.1 Å². The van der Waals surface area contributed by atoms with Crippen molar-refractivity contribution in [2.24, 2.45) is 0 Å². The third-order valence-corrected chi connectivity index (χ3v) is 12.0. The van der Waals surface area contributed by atoms with Crippen molar-refractivity contribution in [1.82, 2.24) is 24.2 Å². The summed E-state index contributed by atoms with van der Waals surface area (Å²) in [6.07, 6.45) is 7.85. The van der Waals surface area contributed by atoms with E-state index in [1.807, 2.05) is 127 Å². The van der Waals surface area contributed by atoms with Gasteiger partial charge in [0, 0.05) is 25.7 Å². The molecule has 5 heterocycles. The first-order chi connectivity index (χ1) is 28.1. The molecule has 8 bridgehead atoms. The molecule has 2 aliphatic heterocycles. The van der Waals surface area contributed by atoms with Gasteiger partial charge < -0.3 is 9.97 Å². The Labute approximate surface area is 353 Å². The van der Waals surface area contributed by atoms with Crippen molar-refractivity contribution in [2.75, 3.05) is 14.1 Å². The maximum absolute atomic E-state index is 13.1. The van der Waals surface area contributed by atoms with Crippen LogP contribution in [0.1, 0.15) is 28.3 Å². The van der Waals surface area contributed by atoms with E-state index in [9.17, 15) is 18.5 Å². The molecular formula is C47H34N6O4SZn. The molecule has 0 N–H and O–H groups in total. The van der Waals surface area contributed by atoms with Gasteiger partial charge >= 0.3 is 19.5 Å². The summed E-state index contributed by atoms with van der Waals surface area (Å²) in [7, 11) is -1.05. The summed E-state index contributed by atoms with van der Waals surface area (Å²) in [6.45, 7) is 0. The molecule has 0 atom stereocenters. The fourth-order valence-electron chi connectivity index (χ4n) is 7.45. The first kappa shape index (κ1) is 39.2. The van der Waals surface area contributed by atoms with Crippen molar-refractivity contribution in [3.8, 4) is 44.5 Å². The maximum Gasteiger partial charge on any atom is 2.00 e. The summed E-state index contributed by atoms with van der Waals surface area (Å²) in [5, 5.41) is 12.2. The zero-order valence-electron chi connectivity index (χ0n) is 32.1. The molecule has 0 radical (unpaired) electrons. The largest absolute Gasteiger partial charge is 2.00 e. The Morgan fingerprint density at radius 3 is 1.24 bits per heavy atom. The molecular weight excluding hydrogens is 810 g/mol. The van der Waals surface area contributed by atoms with Gasteiger partial charge in [0.2, 0.25) is 10.0 Å². The second kappa shape index (κ2) is 16.0. The van der Waals surface area contributed by atoms with Crippen LogP contribution in [0.25, 0.3) is 90.9 Å². The van der Waals surface area contributed by atoms with E-state index < -0.39 is 20.7 Å². The molecule has 10 nitrogen and oxygen atoms in total. The number of rotatable bonds is 8. The fourth-order valence-corrected chi connectivity index (χ4v) is 8.33. The molecule has 9 rings (SSSR count). The van der Waals surface area contributed by atoms with Crippen LogP contribution in [0.2, 0.25) is 0 Å². The van der Waals surface area contributed by atoms with Crippen LogP contribution in [0.4, 0.5) is 5.69 Å².